The van der Waals surface area contributed by atoms with Gasteiger partial charge in [0.1, 0.15) is 17.3 Å². The number of hydrogen-bond donors (Lipinski definition) is 0. The average molecular weight is 464 g/mol. The van der Waals surface area contributed by atoms with Crippen LogP contribution in [0, 0.1) is 0 Å². The Morgan fingerprint density at radius 3 is 2.73 bits per heavy atom. The maximum atomic E-state index is 11.9. The molecule has 0 radical (unpaired) electrons. The molecule has 0 bridgehead atoms. The highest BCUT2D eigenvalue weighted by atomic mass is 32.2. The van der Waals surface area contributed by atoms with Gasteiger partial charge in [0.25, 0.3) is 0 Å². The third-order valence-electron chi connectivity index (χ3n) is 5.06. The Morgan fingerprint density at radius 1 is 1.12 bits per heavy atom. The largest absolute Gasteiger partial charge is 0.497 e. The first-order valence-corrected chi connectivity index (χ1v) is 11.6. The molecule has 2 heterocycles. The summed E-state index contributed by atoms with van der Waals surface area (Å²) in [4.78, 5) is 11.9. The number of carbonyl (C=O) groups excluding carboxylic acids is 1. The monoisotopic (exact) mass is 463 g/mol. The molecule has 0 aliphatic carbocycles. The fourth-order valence-electron chi connectivity index (χ4n) is 3.42. The number of rotatable bonds is 10. The molecule has 7 nitrogen and oxygen atoms in total. The number of furan rings is 1. The molecular formula is C25H25N3O4S. The number of thioether (sulfide) groups is 1. The Morgan fingerprint density at radius 2 is 2.00 bits per heavy atom. The van der Waals surface area contributed by atoms with Crippen molar-refractivity contribution in [1.82, 2.24) is 14.8 Å². The molecule has 33 heavy (non-hydrogen) atoms. The van der Waals surface area contributed by atoms with Crippen LogP contribution in [0.25, 0.3) is 11.4 Å². The molecule has 2 aromatic heterocycles. The summed E-state index contributed by atoms with van der Waals surface area (Å²) in [5.41, 5.74) is 2.49. The number of ketones is 1. The number of methoxy groups -OCH3 is 1. The lowest BCUT2D eigenvalue weighted by Gasteiger charge is -2.12. The topological polar surface area (TPSA) is 79.4 Å². The van der Waals surface area contributed by atoms with Crippen LogP contribution in [0.15, 0.2) is 70.4 Å². The van der Waals surface area contributed by atoms with Crippen LogP contribution >= 0.6 is 11.8 Å². The molecule has 0 amide bonds. The van der Waals surface area contributed by atoms with Gasteiger partial charge in [-0.1, -0.05) is 23.9 Å². The second kappa shape index (κ2) is 10.4. The number of aromatic nitrogens is 3. The van der Waals surface area contributed by atoms with Crippen molar-refractivity contribution >= 4 is 17.5 Å². The van der Waals surface area contributed by atoms with E-state index < -0.39 is 0 Å². The summed E-state index contributed by atoms with van der Waals surface area (Å²) in [7, 11) is 1.64. The van der Waals surface area contributed by atoms with Crippen molar-refractivity contribution in [3.63, 3.8) is 0 Å². The summed E-state index contributed by atoms with van der Waals surface area (Å²) >= 11 is 1.53. The molecule has 0 spiro atoms. The molecule has 4 rings (SSSR count). The average Bonchev–Trinajstić information content (AvgIpc) is 3.49. The van der Waals surface area contributed by atoms with Crippen LogP contribution in [0.4, 0.5) is 0 Å². The second-order valence-corrected chi connectivity index (χ2v) is 8.25. The number of ether oxygens (including phenoxy) is 2. The maximum Gasteiger partial charge on any atom is 0.192 e. The van der Waals surface area contributed by atoms with Crippen LogP contribution in [-0.4, -0.2) is 34.3 Å². The first kappa shape index (κ1) is 22.7. The van der Waals surface area contributed by atoms with Gasteiger partial charge in [0, 0.05) is 22.4 Å². The fraction of sp³-hybridized carbons (Fsp3) is 0.240. The van der Waals surface area contributed by atoms with Crippen LogP contribution in [0.3, 0.4) is 0 Å². The number of benzene rings is 2. The van der Waals surface area contributed by atoms with Crippen molar-refractivity contribution in [2.24, 2.45) is 0 Å². The van der Waals surface area contributed by atoms with Gasteiger partial charge in [-0.25, -0.2) is 0 Å². The smallest absolute Gasteiger partial charge is 0.192 e. The first-order chi connectivity index (χ1) is 16.1. The minimum atomic E-state index is 0.0191. The minimum absolute atomic E-state index is 0.0191. The first-order valence-electron chi connectivity index (χ1n) is 10.6. The van der Waals surface area contributed by atoms with Gasteiger partial charge in [-0.2, -0.15) is 0 Å². The molecule has 0 unspecified atom stereocenters. The molecule has 8 heteroatoms. The number of nitrogens with zero attached hydrogens (tertiary/aromatic N) is 3. The van der Waals surface area contributed by atoms with Crippen LogP contribution in [-0.2, 0) is 12.3 Å². The number of hydrogen-bond acceptors (Lipinski definition) is 7. The van der Waals surface area contributed by atoms with E-state index in [1.807, 2.05) is 60.0 Å². The van der Waals surface area contributed by atoms with Crippen molar-refractivity contribution in [2.75, 3.05) is 13.7 Å². The highest BCUT2D eigenvalue weighted by molar-refractivity contribution is 7.98. The Balaban J connectivity index is 1.67. The van der Waals surface area contributed by atoms with Gasteiger partial charge in [-0.15, -0.1) is 10.2 Å². The van der Waals surface area contributed by atoms with Gasteiger partial charge < -0.3 is 13.9 Å². The Kier molecular flexibility index (Phi) is 7.14. The lowest BCUT2D eigenvalue weighted by Crippen LogP contribution is -2.04. The minimum Gasteiger partial charge on any atom is -0.497 e. The van der Waals surface area contributed by atoms with E-state index in [9.17, 15) is 4.79 Å². The zero-order valence-electron chi connectivity index (χ0n) is 18.8. The lowest BCUT2D eigenvalue weighted by molar-refractivity contribution is 0.101. The molecule has 170 valence electrons. The van der Waals surface area contributed by atoms with E-state index in [1.165, 1.54) is 11.8 Å². The SMILES string of the molecule is CCOc1ccc(C(C)=O)cc1CSc1nnc(-c2cccc(OC)c2)n1Cc1ccco1. The molecular weight excluding hydrogens is 438 g/mol. The van der Waals surface area contributed by atoms with Gasteiger partial charge >= 0.3 is 0 Å². The van der Waals surface area contributed by atoms with Gasteiger partial charge in [0.05, 0.1) is 26.5 Å². The van der Waals surface area contributed by atoms with E-state index in [0.717, 1.165) is 39.4 Å². The lowest BCUT2D eigenvalue weighted by atomic mass is 10.1. The Bertz CT molecular complexity index is 1230. The second-order valence-electron chi connectivity index (χ2n) is 7.30. The summed E-state index contributed by atoms with van der Waals surface area (Å²) in [5, 5.41) is 9.67. The summed E-state index contributed by atoms with van der Waals surface area (Å²) in [5.74, 6) is 3.62. The quantitative estimate of drug-likeness (QED) is 0.227. The maximum absolute atomic E-state index is 11.9. The van der Waals surface area contributed by atoms with E-state index in [-0.39, 0.29) is 5.78 Å². The predicted octanol–water partition coefficient (Wildman–Crippen LogP) is 5.49. The summed E-state index contributed by atoms with van der Waals surface area (Å²) in [6, 6.07) is 17.0. The van der Waals surface area contributed by atoms with E-state index >= 15 is 0 Å². The molecule has 0 fully saturated rings. The van der Waals surface area contributed by atoms with Crippen LogP contribution in [0.5, 0.6) is 11.5 Å². The van der Waals surface area contributed by atoms with Gasteiger partial charge in [-0.3, -0.25) is 9.36 Å². The normalized spacial score (nSPS) is 10.9. The number of Topliss-reactive ketones (excluding diaryl/α,β-unsaturated/α-hetero) is 1. The van der Waals surface area contributed by atoms with Crippen molar-refractivity contribution in [3.8, 4) is 22.9 Å². The number of carbonyl (C=O) groups is 1. The van der Waals surface area contributed by atoms with Crippen molar-refractivity contribution in [3.05, 3.63) is 77.7 Å². The van der Waals surface area contributed by atoms with E-state index in [4.69, 9.17) is 13.9 Å². The van der Waals surface area contributed by atoms with E-state index in [1.54, 1.807) is 26.4 Å². The van der Waals surface area contributed by atoms with Gasteiger partial charge in [-0.05, 0) is 56.3 Å². The zero-order valence-corrected chi connectivity index (χ0v) is 19.6. The van der Waals surface area contributed by atoms with Gasteiger partial charge in [0.2, 0.25) is 0 Å². The van der Waals surface area contributed by atoms with Crippen LogP contribution in [0.2, 0.25) is 0 Å². The molecule has 0 aliphatic rings. The summed E-state index contributed by atoms with van der Waals surface area (Å²) in [6.45, 7) is 4.54. The Hall–Kier alpha value is -3.52. The van der Waals surface area contributed by atoms with Crippen molar-refractivity contribution in [1.29, 1.82) is 0 Å². The predicted molar refractivity (Wildman–Crippen MR) is 127 cm³/mol. The molecule has 0 atom stereocenters. The van der Waals surface area contributed by atoms with E-state index in [2.05, 4.69) is 10.2 Å². The molecule has 2 aromatic carbocycles. The molecule has 0 N–H and O–H groups in total. The molecule has 0 saturated heterocycles. The standard InChI is InChI=1S/C25H25N3O4S/c1-4-31-23-11-10-18(17(2)29)13-20(23)16-33-25-27-26-24(19-7-5-8-21(14-19)30-3)28(25)15-22-9-6-12-32-22/h5-14H,4,15-16H2,1-3H3. The molecule has 4 aromatic rings. The third-order valence-corrected chi connectivity index (χ3v) is 6.08. The fourth-order valence-corrected chi connectivity index (χ4v) is 4.34. The van der Waals surface area contributed by atoms with Crippen LogP contribution in [0.1, 0.15) is 35.5 Å². The van der Waals surface area contributed by atoms with Crippen molar-refractivity contribution < 1.29 is 18.7 Å². The van der Waals surface area contributed by atoms with Crippen LogP contribution < -0.4 is 9.47 Å². The Labute approximate surface area is 196 Å². The summed E-state index contributed by atoms with van der Waals surface area (Å²) < 4.78 is 18.8. The van der Waals surface area contributed by atoms with Crippen molar-refractivity contribution in [2.45, 2.75) is 31.3 Å². The molecule has 0 aliphatic heterocycles. The molecule has 0 saturated carbocycles. The van der Waals surface area contributed by atoms with Gasteiger partial charge in [0.15, 0.2) is 16.8 Å². The highest BCUT2D eigenvalue weighted by Gasteiger charge is 2.18. The van der Waals surface area contributed by atoms with E-state index in [0.29, 0.717) is 24.5 Å². The highest BCUT2D eigenvalue weighted by Crippen LogP contribution is 2.32. The third kappa shape index (κ3) is 5.28. The zero-order chi connectivity index (χ0) is 23.2. The summed E-state index contributed by atoms with van der Waals surface area (Å²) in [6.07, 6.45) is 1.65.